The molecule has 27 heavy (non-hydrogen) atoms. The van der Waals surface area contributed by atoms with Crippen molar-refractivity contribution in [3.8, 4) is 11.5 Å². The number of nitrogens with one attached hydrogen (secondary N) is 1. The third-order valence-electron chi connectivity index (χ3n) is 5.48. The van der Waals surface area contributed by atoms with E-state index in [1.54, 1.807) is 31.3 Å². The Balaban J connectivity index is 1.69. The highest BCUT2D eigenvalue weighted by molar-refractivity contribution is 5.75. The topological polar surface area (TPSA) is 108 Å². The number of hydrogen-bond acceptors (Lipinski definition) is 5. The van der Waals surface area contributed by atoms with Crippen LogP contribution in [-0.4, -0.2) is 53.9 Å². The first-order chi connectivity index (χ1) is 12.9. The summed E-state index contributed by atoms with van der Waals surface area (Å²) in [7, 11) is 3.09. The van der Waals surface area contributed by atoms with Crippen molar-refractivity contribution < 1.29 is 29.3 Å². The molecule has 0 aromatic heterocycles. The second-order valence-electron chi connectivity index (χ2n) is 7.09. The first-order valence-electron chi connectivity index (χ1n) is 9.14. The van der Waals surface area contributed by atoms with Gasteiger partial charge in [-0.3, -0.25) is 4.79 Å². The van der Waals surface area contributed by atoms with E-state index >= 15 is 0 Å². The molecule has 1 heterocycles. The summed E-state index contributed by atoms with van der Waals surface area (Å²) >= 11 is 0. The average molecular weight is 378 g/mol. The zero-order valence-corrected chi connectivity index (χ0v) is 15.6. The second-order valence-corrected chi connectivity index (χ2v) is 7.09. The number of carboxylic acid groups (broad SMARTS) is 1. The number of aliphatic carboxylic acids is 1. The summed E-state index contributed by atoms with van der Waals surface area (Å²) in [6.07, 6.45) is 1.56. The molecule has 1 saturated carbocycles. The van der Waals surface area contributed by atoms with E-state index in [1.807, 2.05) is 0 Å². The fourth-order valence-electron chi connectivity index (χ4n) is 3.98. The summed E-state index contributed by atoms with van der Waals surface area (Å²) in [6, 6.07) is 3.21. The molecule has 8 heteroatoms. The molecule has 2 amide bonds. The molecular weight excluding hydrogens is 352 g/mol. The van der Waals surface area contributed by atoms with Gasteiger partial charge in [-0.25, -0.2) is 4.79 Å². The van der Waals surface area contributed by atoms with Gasteiger partial charge in [0.05, 0.1) is 33.2 Å². The molecule has 1 aromatic carbocycles. The lowest BCUT2D eigenvalue weighted by molar-refractivity contribution is -0.142. The normalized spacial score (nSPS) is 24.7. The largest absolute Gasteiger partial charge is 0.496 e. The van der Waals surface area contributed by atoms with E-state index in [-0.39, 0.29) is 24.5 Å². The second kappa shape index (κ2) is 8.04. The number of aliphatic hydroxyl groups excluding tert-OH is 1. The van der Waals surface area contributed by atoms with Crippen molar-refractivity contribution in [1.29, 1.82) is 0 Å². The molecule has 3 rings (SSSR count). The molecule has 3 N–H and O–H groups in total. The Hall–Kier alpha value is -2.48. The Bertz CT molecular complexity index is 714. The highest BCUT2D eigenvalue weighted by Gasteiger charge is 2.33. The van der Waals surface area contributed by atoms with E-state index in [0.29, 0.717) is 49.3 Å². The van der Waals surface area contributed by atoms with Gasteiger partial charge in [0.1, 0.15) is 17.6 Å². The van der Waals surface area contributed by atoms with E-state index in [2.05, 4.69) is 5.32 Å². The summed E-state index contributed by atoms with van der Waals surface area (Å²) < 4.78 is 10.7. The van der Waals surface area contributed by atoms with Gasteiger partial charge in [-0.1, -0.05) is 0 Å². The van der Waals surface area contributed by atoms with Gasteiger partial charge in [-0.05, 0) is 37.8 Å². The predicted octanol–water partition coefficient (Wildman–Crippen LogP) is 1.91. The number of carbonyl (C=O) groups is 2. The lowest BCUT2D eigenvalue weighted by Crippen LogP contribution is -2.48. The number of hydrogen-bond donors (Lipinski definition) is 3. The van der Waals surface area contributed by atoms with Crippen LogP contribution in [0, 0.1) is 5.92 Å². The molecule has 2 aliphatic rings. The minimum atomic E-state index is -0.868. The molecule has 1 aliphatic carbocycles. The minimum absolute atomic E-state index is 0.0427. The van der Waals surface area contributed by atoms with Crippen LogP contribution in [-0.2, 0) is 11.3 Å². The Kier molecular flexibility index (Phi) is 5.74. The maximum absolute atomic E-state index is 12.7. The quantitative estimate of drug-likeness (QED) is 0.739. The van der Waals surface area contributed by atoms with Gasteiger partial charge in [-0.15, -0.1) is 0 Å². The Labute approximate surface area is 158 Å². The molecule has 1 aliphatic heterocycles. The number of nitrogens with zero attached hydrogens (tertiary/aromatic N) is 1. The van der Waals surface area contributed by atoms with Crippen molar-refractivity contribution in [2.75, 3.05) is 20.8 Å². The van der Waals surface area contributed by atoms with Crippen LogP contribution in [0.4, 0.5) is 4.79 Å². The average Bonchev–Trinajstić information content (AvgIpc) is 2.67. The van der Waals surface area contributed by atoms with E-state index in [1.165, 1.54) is 0 Å². The van der Waals surface area contributed by atoms with Crippen LogP contribution >= 0.6 is 0 Å². The third kappa shape index (κ3) is 3.95. The van der Waals surface area contributed by atoms with Gasteiger partial charge in [-0.2, -0.15) is 0 Å². The number of ether oxygens (including phenoxy) is 2. The standard InChI is InChI=1S/C19H26N2O6/c1-26-15-7-8-16(27-2)17-13(15)9-21(10-14(17)22)19(25)20-12-5-3-11(4-6-12)18(23)24/h7-8,11-12,14,22H,3-6,9-10H2,1-2H3,(H,20,25)(H,23,24). The number of amides is 2. The summed E-state index contributed by atoms with van der Waals surface area (Å²) in [6.45, 7) is 0.468. The zero-order chi connectivity index (χ0) is 19.6. The molecule has 0 radical (unpaired) electrons. The van der Waals surface area contributed by atoms with Gasteiger partial charge in [0.15, 0.2) is 0 Å². The van der Waals surface area contributed by atoms with Crippen LogP contribution in [0.2, 0.25) is 0 Å². The maximum atomic E-state index is 12.7. The van der Waals surface area contributed by atoms with Crippen molar-refractivity contribution >= 4 is 12.0 Å². The highest BCUT2D eigenvalue weighted by Crippen LogP contribution is 2.39. The summed E-state index contributed by atoms with van der Waals surface area (Å²) in [4.78, 5) is 25.3. The zero-order valence-electron chi connectivity index (χ0n) is 15.6. The van der Waals surface area contributed by atoms with E-state index in [4.69, 9.17) is 14.6 Å². The van der Waals surface area contributed by atoms with Gasteiger partial charge < -0.3 is 29.9 Å². The van der Waals surface area contributed by atoms with Crippen molar-refractivity contribution in [2.24, 2.45) is 5.92 Å². The first kappa shape index (κ1) is 19.3. The first-order valence-corrected chi connectivity index (χ1v) is 9.14. The maximum Gasteiger partial charge on any atom is 0.318 e. The number of methoxy groups -OCH3 is 2. The predicted molar refractivity (Wildman–Crippen MR) is 96.8 cm³/mol. The highest BCUT2D eigenvalue weighted by atomic mass is 16.5. The fourth-order valence-corrected chi connectivity index (χ4v) is 3.98. The molecule has 1 unspecified atom stereocenters. The fraction of sp³-hybridized carbons (Fsp3) is 0.579. The smallest absolute Gasteiger partial charge is 0.318 e. The number of urea groups is 1. The van der Waals surface area contributed by atoms with Gasteiger partial charge >= 0.3 is 12.0 Å². The minimum Gasteiger partial charge on any atom is -0.496 e. The molecule has 148 valence electrons. The van der Waals surface area contributed by atoms with Crippen molar-refractivity contribution in [3.63, 3.8) is 0 Å². The van der Waals surface area contributed by atoms with Crippen molar-refractivity contribution in [1.82, 2.24) is 10.2 Å². The number of carboxylic acids is 1. The molecule has 8 nitrogen and oxygen atoms in total. The molecule has 1 fully saturated rings. The SMILES string of the molecule is COc1ccc(OC)c2c1CN(C(=O)NC1CCC(C(=O)O)CC1)CC2O. The molecule has 0 saturated heterocycles. The van der Waals surface area contributed by atoms with Crippen molar-refractivity contribution in [2.45, 2.75) is 44.4 Å². The number of rotatable bonds is 4. The Morgan fingerprint density at radius 3 is 2.33 bits per heavy atom. The lowest BCUT2D eigenvalue weighted by atomic mass is 9.86. The van der Waals surface area contributed by atoms with Crippen LogP contribution in [0.1, 0.15) is 42.9 Å². The molecule has 1 atom stereocenters. The van der Waals surface area contributed by atoms with Crippen LogP contribution in [0.3, 0.4) is 0 Å². The van der Waals surface area contributed by atoms with Gasteiger partial charge in [0, 0.05) is 17.2 Å². The van der Waals surface area contributed by atoms with Crippen LogP contribution in [0.25, 0.3) is 0 Å². The van der Waals surface area contributed by atoms with Crippen molar-refractivity contribution in [3.05, 3.63) is 23.3 Å². The monoisotopic (exact) mass is 378 g/mol. The summed E-state index contributed by atoms with van der Waals surface area (Å²) in [5, 5.41) is 22.6. The van der Waals surface area contributed by atoms with Crippen LogP contribution < -0.4 is 14.8 Å². The molecule has 1 aromatic rings. The number of carbonyl (C=O) groups excluding carboxylic acids is 1. The van der Waals surface area contributed by atoms with Gasteiger partial charge in [0.25, 0.3) is 0 Å². The summed E-state index contributed by atoms with van der Waals surface area (Å²) in [5.41, 5.74) is 1.39. The Morgan fingerprint density at radius 1 is 1.11 bits per heavy atom. The number of aliphatic hydroxyl groups is 1. The molecule has 0 spiro atoms. The lowest BCUT2D eigenvalue weighted by Gasteiger charge is -2.35. The summed E-state index contributed by atoms with van der Waals surface area (Å²) in [5.74, 6) is 0.0878. The Morgan fingerprint density at radius 2 is 1.74 bits per heavy atom. The van der Waals surface area contributed by atoms with E-state index < -0.39 is 12.1 Å². The van der Waals surface area contributed by atoms with E-state index in [0.717, 1.165) is 5.56 Å². The number of fused-ring (bicyclic) bond motifs is 1. The van der Waals surface area contributed by atoms with Crippen LogP contribution in [0.15, 0.2) is 12.1 Å². The third-order valence-corrected chi connectivity index (χ3v) is 5.48. The number of β-amino-alcohol motifs (C(OH)–C–C–N with tert-alkyl or cyclic N) is 1. The van der Waals surface area contributed by atoms with Crippen LogP contribution in [0.5, 0.6) is 11.5 Å². The number of benzene rings is 1. The molecular formula is C19H26N2O6. The van der Waals surface area contributed by atoms with E-state index in [9.17, 15) is 14.7 Å². The van der Waals surface area contributed by atoms with Gasteiger partial charge in [0.2, 0.25) is 0 Å². The molecule has 0 bridgehead atoms.